The molecule has 2 amide bonds. The molecule has 1 unspecified atom stereocenters. The zero-order valence-corrected chi connectivity index (χ0v) is 12.1. The average molecular weight is 306 g/mol. The van der Waals surface area contributed by atoms with Crippen LogP contribution in [0.15, 0.2) is 18.2 Å². The average Bonchev–Trinajstić information content (AvgIpc) is 2.26. The molecule has 1 rings (SSSR count). The predicted octanol–water partition coefficient (Wildman–Crippen LogP) is 1.93. The number of carbonyl (C=O) groups excluding carboxylic acids is 2. The van der Waals surface area contributed by atoms with Crippen LogP contribution >= 0.6 is 24.0 Å². The maximum atomic E-state index is 11.5. The summed E-state index contributed by atoms with van der Waals surface area (Å²) >= 11 is 5.86. The molecule has 0 aliphatic carbocycles. The molecule has 0 fully saturated rings. The Hall–Kier alpha value is -1.30. The van der Waals surface area contributed by atoms with E-state index in [1.54, 1.807) is 6.07 Å². The van der Waals surface area contributed by atoms with Crippen LogP contribution in [0.3, 0.4) is 0 Å². The third-order valence-corrected chi connectivity index (χ3v) is 2.66. The largest absolute Gasteiger partial charge is 0.366 e. The molecule has 0 aromatic heterocycles. The third-order valence-electron chi connectivity index (χ3n) is 2.35. The Labute approximate surface area is 123 Å². The Morgan fingerprint density at radius 1 is 1.42 bits per heavy atom. The Bertz CT molecular complexity index is 464. The van der Waals surface area contributed by atoms with Crippen molar-refractivity contribution in [3.8, 4) is 0 Å². The number of halogens is 2. The highest BCUT2D eigenvalue weighted by Crippen LogP contribution is 2.20. The van der Waals surface area contributed by atoms with Crippen LogP contribution in [-0.4, -0.2) is 17.9 Å². The number of carbonyl (C=O) groups is 2. The summed E-state index contributed by atoms with van der Waals surface area (Å²) in [4.78, 5) is 22.5. The van der Waals surface area contributed by atoms with Gasteiger partial charge in [-0.2, -0.15) is 0 Å². The number of hydrogen-bond donors (Lipinski definition) is 3. The summed E-state index contributed by atoms with van der Waals surface area (Å²) in [6.45, 7) is 1.84. The second kappa shape index (κ2) is 7.99. The van der Waals surface area contributed by atoms with E-state index in [1.807, 2.05) is 6.92 Å². The van der Waals surface area contributed by atoms with Crippen LogP contribution in [0.2, 0.25) is 5.02 Å². The quantitative estimate of drug-likeness (QED) is 0.775. The van der Waals surface area contributed by atoms with Gasteiger partial charge in [-0.05, 0) is 31.5 Å². The summed E-state index contributed by atoms with van der Waals surface area (Å²) in [7, 11) is 0. The van der Waals surface area contributed by atoms with E-state index in [9.17, 15) is 9.59 Å². The van der Waals surface area contributed by atoms with Gasteiger partial charge < -0.3 is 16.8 Å². The number of benzene rings is 1. The number of primary amides is 1. The smallest absolute Gasteiger partial charge is 0.250 e. The van der Waals surface area contributed by atoms with Crippen molar-refractivity contribution in [2.45, 2.75) is 25.8 Å². The monoisotopic (exact) mass is 305 g/mol. The fourth-order valence-electron chi connectivity index (χ4n) is 1.37. The summed E-state index contributed by atoms with van der Waals surface area (Å²) in [5, 5.41) is 2.89. The van der Waals surface area contributed by atoms with E-state index < -0.39 is 5.91 Å². The Balaban J connectivity index is 0.00000324. The summed E-state index contributed by atoms with van der Waals surface area (Å²) in [6, 6.07) is 4.53. The van der Waals surface area contributed by atoms with Crippen LogP contribution in [0.25, 0.3) is 0 Å². The Morgan fingerprint density at radius 2 is 2.05 bits per heavy atom. The fraction of sp³-hybridized carbons (Fsp3) is 0.333. The molecule has 7 heteroatoms. The first-order valence-electron chi connectivity index (χ1n) is 5.55. The van der Waals surface area contributed by atoms with Gasteiger partial charge >= 0.3 is 0 Å². The number of anilines is 1. The molecule has 1 aromatic rings. The van der Waals surface area contributed by atoms with Gasteiger partial charge in [0, 0.05) is 18.2 Å². The highest BCUT2D eigenvalue weighted by atomic mass is 35.5. The lowest BCUT2D eigenvalue weighted by Gasteiger charge is -2.08. The summed E-state index contributed by atoms with van der Waals surface area (Å²) < 4.78 is 0. The van der Waals surface area contributed by atoms with Crippen molar-refractivity contribution < 1.29 is 9.59 Å². The van der Waals surface area contributed by atoms with Gasteiger partial charge in [-0.3, -0.25) is 9.59 Å². The minimum Gasteiger partial charge on any atom is -0.366 e. The fourth-order valence-corrected chi connectivity index (χ4v) is 1.65. The van der Waals surface area contributed by atoms with E-state index in [-0.39, 0.29) is 34.9 Å². The van der Waals surface area contributed by atoms with Crippen molar-refractivity contribution in [1.29, 1.82) is 0 Å². The SMILES string of the molecule is CC(N)CCC(=O)Nc1ccc(C(N)=O)c(Cl)c1.Cl. The molecule has 0 spiro atoms. The predicted molar refractivity (Wildman–Crippen MR) is 78.7 cm³/mol. The Kier molecular flexibility index (Phi) is 7.44. The zero-order chi connectivity index (χ0) is 13.7. The molecule has 19 heavy (non-hydrogen) atoms. The van der Waals surface area contributed by atoms with Crippen molar-refractivity contribution in [3.05, 3.63) is 28.8 Å². The van der Waals surface area contributed by atoms with Gasteiger partial charge in [0.05, 0.1) is 10.6 Å². The number of hydrogen-bond acceptors (Lipinski definition) is 3. The summed E-state index contributed by atoms with van der Waals surface area (Å²) in [5.74, 6) is -0.745. The Morgan fingerprint density at radius 3 is 2.53 bits per heavy atom. The van der Waals surface area contributed by atoms with E-state index in [1.165, 1.54) is 12.1 Å². The zero-order valence-electron chi connectivity index (χ0n) is 10.5. The minimum atomic E-state index is -0.602. The molecular weight excluding hydrogens is 289 g/mol. The van der Waals surface area contributed by atoms with Gasteiger partial charge in [-0.25, -0.2) is 0 Å². The molecule has 0 aliphatic heterocycles. The van der Waals surface area contributed by atoms with Gasteiger partial charge in [0.25, 0.3) is 0 Å². The first kappa shape index (κ1) is 17.7. The molecule has 0 bridgehead atoms. The lowest BCUT2D eigenvalue weighted by atomic mass is 10.1. The molecule has 0 saturated carbocycles. The van der Waals surface area contributed by atoms with E-state index in [2.05, 4.69) is 5.32 Å². The van der Waals surface area contributed by atoms with Crippen molar-refractivity contribution >= 4 is 41.5 Å². The van der Waals surface area contributed by atoms with Crippen LogP contribution < -0.4 is 16.8 Å². The van der Waals surface area contributed by atoms with Crippen LogP contribution in [0.4, 0.5) is 5.69 Å². The van der Waals surface area contributed by atoms with Crippen LogP contribution in [0, 0.1) is 0 Å². The topological polar surface area (TPSA) is 98.2 Å². The first-order chi connectivity index (χ1) is 8.40. The van der Waals surface area contributed by atoms with E-state index in [0.717, 1.165) is 0 Å². The third kappa shape index (κ3) is 5.92. The standard InChI is InChI=1S/C12H16ClN3O2.ClH/c1-7(14)2-5-11(17)16-8-3-4-9(12(15)18)10(13)6-8;/h3-4,6-7H,2,5,14H2,1H3,(H2,15,18)(H,16,17);1H. The molecule has 1 atom stereocenters. The van der Waals surface area contributed by atoms with Crippen LogP contribution in [0.5, 0.6) is 0 Å². The van der Waals surface area contributed by atoms with Gasteiger partial charge in [0.15, 0.2) is 0 Å². The highest BCUT2D eigenvalue weighted by Gasteiger charge is 2.09. The van der Waals surface area contributed by atoms with Gasteiger partial charge in [-0.15, -0.1) is 12.4 Å². The van der Waals surface area contributed by atoms with E-state index in [0.29, 0.717) is 18.5 Å². The van der Waals surface area contributed by atoms with E-state index in [4.69, 9.17) is 23.1 Å². The number of rotatable bonds is 5. The van der Waals surface area contributed by atoms with E-state index >= 15 is 0 Å². The van der Waals surface area contributed by atoms with Crippen molar-refractivity contribution in [2.24, 2.45) is 11.5 Å². The molecule has 5 nitrogen and oxygen atoms in total. The molecule has 0 saturated heterocycles. The number of nitrogens with one attached hydrogen (secondary N) is 1. The van der Waals surface area contributed by atoms with Gasteiger partial charge in [0.1, 0.15) is 0 Å². The summed E-state index contributed by atoms with van der Waals surface area (Å²) in [5.41, 5.74) is 11.4. The highest BCUT2D eigenvalue weighted by molar-refractivity contribution is 6.34. The molecule has 1 aromatic carbocycles. The van der Waals surface area contributed by atoms with Gasteiger partial charge in [0.2, 0.25) is 11.8 Å². The molecule has 0 heterocycles. The number of amides is 2. The molecule has 0 aliphatic rings. The lowest BCUT2D eigenvalue weighted by Crippen LogP contribution is -2.19. The lowest BCUT2D eigenvalue weighted by molar-refractivity contribution is -0.116. The van der Waals surface area contributed by atoms with Crippen LogP contribution in [0.1, 0.15) is 30.1 Å². The molecule has 0 radical (unpaired) electrons. The minimum absolute atomic E-state index is 0. The molecule has 5 N–H and O–H groups in total. The van der Waals surface area contributed by atoms with Crippen LogP contribution in [-0.2, 0) is 4.79 Å². The molecular formula is C12H17Cl2N3O2. The second-order valence-electron chi connectivity index (χ2n) is 4.12. The maximum Gasteiger partial charge on any atom is 0.250 e. The normalized spacial score (nSPS) is 11.3. The second-order valence-corrected chi connectivity index (χ2v) is 4.53. The van der Waals surface area contributed by atoms with Gasteiger partial charge in [-0.1, -0.05) is 11.6 Å². The first-order valence-corrected chi connectivity index (χ1v) is 5.92. The van der Waals surface area contributed by atoms with Crippen molar-refractivity contribution in [2.75, 3.05) is 5.32 Å². The summed E-state index contributed by atoms with van der Waals surface area (Å²) in [6.07, 6.45) is 0.950. The number of nitrogens with two attached hydrogens (primary N) is 2. The molecule has 106 valence electrons. The maximum absolute atomic E-state index is 11.5. The van der Waals surface area contributed by atoms with Crippen molar-refractivity contribution in [3.63, 3.8) is 0 Å². The van der Waals surface area contributed by atoms with Crippen molar-refractivity contribution in [1.82, 2.24) is 0 Å².